The van der Waals surface area contributed by atoms with E-state index in [1.807, 2.05) is 6.92 Å². The minimum absolute atomic E-state index is 0.0141. The van der Waals surface area contributed by atoms with Crippen LogP contribution in [-0.4, -0.2) is 43.5 Å². The van der Waals surface area contributed by atoms with E-state index in [1.54, 1.807) is 12.1 Å². The Morgan fingerprint density at radius 2 is 2.30 bits per heavy atom. The molecule has 112 valence electrons. The van der Waals surface area contributed by atoms with E-state index in [1.165, 1.54) is 10.5 Å². The van der Waals surface area contributed by atoms with E-state index in [0.717, 1.165) is 12.8 Å². The molecule has 1 unspecified atom stereocenters. The first-order valence-electron chi connectivity index (χ1n) is 6.84. The number of ether oxygens (including phenoxy) is 1. The number of sulfonamides is 1. The molecule has 0 spiro atoms. The van der Waals surface area contributed by atoms with E-state index in [9.17, 15) is 8.42 Å². The molecule has 0 bridgehead atoms. The van der Waals surface area contributed by atoms with Crippen molar-refractivity contribution in [3.63, 3.8) is 0 Å². The maximum atomic E-state index is 12.5. The molecule has 6 nitrogen and oxygen atoms in total. The standard InChI is InChI=1S/C13H21N3O3S/c1-2-19-12-4-3-7-16(10-12)20(17,18)13-6-5-11(8-14)15-9-13/h5-6,9,12H,2-4,7-8,10,14H2,1H3. The molecule has 1 aromatic heterocycles. The number of pyridine rings is 1. The lowest BCUT2D eigenvalue weighted by Crippen LogP contribution is -2.43. The molecule has 2 heterocycles. The van der Waals surface area contributed by atoms with E-state index < -0.39 is 10.0 Å². The van der Waals surface area contributed by atoms with Gasteiger partial charge < -0.3 is 10.5 Å². The highest BCUT2D eigenvalue weighted by Crippen LogP contribution is 2.21. The van der Waals surface area contributed by atoms with Gasteiger partial charge in [0.15, 0.2) is 0 Å². The van der Waals surface area contributed by atoms with Crippen molar-refractivity contribution >= 4 is 10.0 Å². The lowest BCUT2D eigenvalue weighted by Gasteiger charge is -2.31. The molecule has 1 atom stereocenters. The summed E-state index contributed by atoms with van der Waals surface area (Å²) in [6.07, 6.45) is 3.09. The summed E-state index contributed by atoms with van der Waals surface area (Å²) < 4.78 is 32.1. The summed E-state index contributed by atoms with van der Waals surface area (Å²) in [6.45, 7) is 3.77. The second-order valence-electron chi connectivity index (χ2n) is 4.77. The van der Waals surface area contributed by atoms with Gasteiger partial charge in [0, 0.05) is 32.4 Å². The van der Waals surface area contributed by atoms with Gasteiger partial charge in [-0.1, -0.05) is 0 Å². The van der Waals surface area contributed by atoms with Crippen molar-refractivity contribution in [1.82, 2.24) is 9.29 Å². The van der Waals surface area contributed by atoms with Crippen LogP contribution in [-0.2, 0) is 21.3 Å². The van der Waals surface area contributed by atoms with Gasteiger partial charge in [-0.3, -0.25) is 4.98 Å². The van der Waals surface area contributed by atoms with Crippen LogP contribution in [0.5, 0.6) is 0 Å². The summed E-state index contributed by atoms with van der Waals surface area (Å²) in [5.41, 5.74) is 6.14. The van der Waals surface area contributed by atoms with E-state index in [0.29, 0.717) is 31.9 Å². The molecule has 0 saturated carbocycles. The van der Waals surface area contributed by atoms with E-state index >= 15 is 0 Å². The maximum absolute atomic E-state index is 12.5. The summed E-state index contributed by atoms with van der Waals surface area (Å²) >= 11 is 0. The highest BCUT2D eigenvalue weighted by atomic mass is 32.2. The molecule has 2 N–H and O–H groups in total. The Bertz CT molecular complexity index is 528. The van der Waals surface area contributed by atoms with Gasteiger partial charge in [0.25, 0.3) is 0 Å². The molecule has 1 fully saturated rings. The molecule has 1 aliphatic rings. The van der Waals surface area contributed by atoms with Crippen LogP contribution in [0, 0.1) is 0 Å². The quantitative estimate of drug-likeness (QED) is 0.866. The molecule has 1 aromatic rings. The number of nitrogens with zero attached hydrogens (tertiary/aromatic N) is 2. The smallest absolute Gasteiger partial charge is 0.244 e. The zero-order valence-corrected chi connectivity index (χ0v) is 12.5. The Balaban J connectivity index is 2.16. The summed E-state index contributed by atoms with van der Waals surface area (Å²) in [5.74, 6) is 0. The Labute approximate surface area is 120 Å². The summed E-state index contributed by atoms with van der Waals surface area (Å²) in [5, 5.41) is 0. The highest BCUT2D eigenvalue weighted by molar-refractivity contribution is 7.89. The number of rotatable bonds is 5. The van der Waals surface area contributed by atoms with Gasteiger partial charge in [-0.05, 0) is 31.9 Å². The molecule has 1 saturated heterocycles. The number of nitrogens with two attached hydrogens (primary N) is 1. The summed E-state index contributed by atoms with van der Waals surface area (Å²) in [7, 11) is -3.49. The molecular formula is C13H21N3O3S. The first-order chi connectivity index (χ1) is 9.57. The monoisotopic (exact) mass is 299 g/mol. The van der Waals surface area contributed by atoms with Crippen LogP contribution in [0.4, 0.5) is 0 Å². The topological polar surface area (TPSA) is 85.5 Å². The van der Waals surface area contributed by atoms with Crippen molar-refractivity contribution in [2.24, 2.45) is 5.73 Å². The Hall–Kier alpha value is -1.02. The largest absolute Gasteiger partial charge is 0.377 e. The Morgan fingerprint density at radius 3 is 2.90 bits per heavy atom. The Morgan fingerprint density at radius 1 is 1.50 bits per heavy atom. The minimum atomic E-state index is -3.49. The number of piperidine rings is 1. The fraction of sp³-hybridized carbons (Fsp3) is 0.615. The lowest BCUT2D eigenvalue weighted by atomic mass is 10.1. The van der Waals surface area contributed by atoms with Crippen molar-refractivity contribution in [2.45, 2.75) is 37.3 Å². The number of hydrogen-bond donors (Lipinski definition) is 1. The fourth-order valence-electron chi connectivity index (χ4n) is 2.33. The van der Waals surface area contributed by atoms with Crippen molar-refractivity contribution in [3.05, 3.63) is 24.0 Å². The molecule has 1 aliphatic heterocycles. The normalized spacial score (nSPS) is 21.0. The first-order valence-corrected chi connectivity index (χ1v) is 8.28. The van der Waals surface area contributed by atoms with E-state index in [4.69, 9.17) is 10.5 Å². The maximum Gasteiger partial charge on any atom is 0.244 e. The zero-order valence-electron chi connectivity index (χ0n) is 11.7. The van der Waals surface area contributed by atoms with Gasteiger partial charge in [0.2, 0.25) is 10.0 Å². The second kappa shape index (κ2) is 6.62. The van der Waals surface area contributed by atoms with Crippen LogP contribution >= 0.6 is 0 Å². The van der Waals surface area contributed by atoms with Crippen LogP contribution in [0.2, 0.25) is 0 Å². The fourth-order valence-corrected chi connectivity index (χ4v) is 3.78. The third-order valence-electron chi connectivity index (χ3n) is 3.39. The molecular weight excluding hydrogens is 278 g/mol. The SMILES string of the molecule is CCOC1CCCN(S(=O)(=O)c2ccc(CN)nc2)C1. The molecule has 20 heavy (non-hydrogen) atoms. The lowest BCUT2D eigenvalue weighted by molar-refractivity contribution is 0.0265. The average molecular weight is 299 g/mol. The van der Waals surface area contributed by atoms with E-state index in [-0.39, 0.29) is 11.0 Å². The third-order valence-corrected chi connectivity index (χ3v) is 5.24. The average Bonchev–Trinajstić information content (AvgIpc) is 2.48. The molecule has 0 radical (unpaired) electrons. The van der Waals surface area contributed by atoms with Crippen molar-refractivity contribution in [2.75, 3.05) is 19.7 Å². The van der Waals surface area contributed by atoms with Crippen LogP contribution in [0.15, 0.2) is 23.2 Å². The first kappa shape index (κ1) is 15.4. The van der Waals surface area contributed by atoms with Gasteiger partial charge in [0.05, 0.1) is 11.8 Å². The van der Waals surface area contributed by atoms with Crippen molar-refractivity contribution < 1.29 is 13.2 Å². The van der Waals surface area contributed by atoms with Crippen LogP contribution in [0.3, 0.4) is 0 Å². The van der Waals surface area contributed by atoms with Gasteiger partial charge in [-0.2, -0.15) is 4.31 Å². The van der Waals surface area contributed by atoms with Crippen LogP contribution in [0.25, 0.3) is 0 Å². The number of aromatic nitrogens is 1. The van der Waals surface area contributed by atoms with Gasteiger partial charge >= 0.3 is 0 Å². The summed E-state index contributed by atoms with van der Waals surface area (Å²) in [6, 6.07) is 3.21. The van der Waals surface area contributed by atoms with Crippen LogP contribution < -0.4 is 5.73 Å². The van der Waals surface area contributed by atoms with E-state index in [2.05, 4.69) is 4.98 Å². The predicted octanol–water partition coefficient (Wildman–Crippen LogP) is 0.730. The molecule has 7 heteroatoms. The second-order valence-corrected chi connectivity index (χ2v) is 6.71. The molecule has 0 amide bonds. The highest BCUT2D eigenvalue weighted by Gasteiger charge is 2.30. The molecule has 2 rings (SSSR count). The van der Waals surface area contributed by atoms with Crippen molar-refractivity contribution in [3.8, 4) is 0 Å². The third kappa shape index (κ3) is 3.35. The van der Waals surface area contributed by atoms with Crippen molar-refractivity contribution in [1.29, 1.82) is 0 Å². The summed E-state index contributed by atoms with van der Waals surface area (Å²) in [4.78, 5) is 4.27. The number of hydrogen-bond acceptors (Lipinski definition) is 5. The molecule has 0 aromatic carbocycles. The molecule has 0 aliphatic carbocycles. The predicted molar refractivity (Wildman–Crippen MR) is 75.5 cm³/mol. The van der Waals surface area contributed by atoms with Crippen LogP contribution in [0.1, 0.15) is 25.5 Å². The zero-order chi connectivity index (χ0) is 14.6. The van der Waals surface area contributed by atoms with Gasteiger partial charge in [0.1, 0.15) is 4.90 Å². The minimum Gasteiger partial charge on any atom is -0.377 e. The van der Waals surface area contributed by atoms with Gasteiger partial charge in [-0.15, -0.1) is 0 Å². The van der Waals surface area contributed by atoms with Gasteiger partial charge in [-0.25, -0.2) is 8.42 Å². The Kier molecular flexibility index (Phi) is 5.09.